The van der Waals surface area contributed by atoms with Gasteiger partial charge in [0, 0.05) is 0 Å². The molecule has 0 aromatic rings. The predicted octanol–water partition coefficient (Wildman–Crippen LogP) is -1.74. The number of carbonyl (C=O) groups is 2. The first-order valence-electron chi connectivity index (χ1n) is 2.00. The first-order valence-corrected chi connectivity index (χ1v) is 2.00. The molecule has 0 aliphatic carbocycles. The van der Waals surface area contributed by atoms with Crippen molar-refractivity contribution in [1.29, 1.82) is 0 Å². The van der Waals surface area contributed by atoms with Crippen LogP contribution in [0.1, 0.15) is 0 Å². The summed E-state index contributed by atoms with van der Waals surface area (Å²) in [5.74, 6) is 3.93. The summed E-state index contributed by atoms with van der Waals surface area (Å²) in [5.41, 5.74) is 6.28. The Balaban J connectivity index is 0. The minimum Gasteiger partial charge on any atom is -0.366 e. The van der Waals surface area contributed by atoms with E-state index in [0.717, 1.165) is 6.08 Å². The summed E-state index contributed by atoms with van der Waals surface area (Å²) < 4.78 is 0. The number of hydrazine groups is 1. The monoisotopic (exact) mass is 131 g/mol. The third-order valence-corrected chi connectivity index (χ3v) is 0.269. The molecule has 5 heteroatoms. The first-order chi connectivity index (χ1) is 4.18. The van der Waals surface area contributed by atoms with Crippen molar-refractivity contribution in [2.75, 3.05) is 0 Å². The fraction of sp³-hybridized carbons (Fsp3) is 0. The van der Waals surface area contributed by atoms with Crippen LogP contribution in [0.3, 0.4) is 0 Å². The smallest absolute Gasteiger partial charge is 0.240 e. The largest absolute Gasteiger partial charge is 0.366 e. The quantitative estimate of drug-likeness (QED) is 0.136. The van der Waals surface area contributed by atoms with Gasteiger partial charge in [-0.15, -0.1) is 0 Å². The minimum absolute atomic E-state index is 0.403. The van der Waals surface area contributed by atoms with Crippen LogP contribution >= 0.6 is 0 Å². The van der Waals surface area contributed by atoms with Gasteiger partial charge in [0.1, 0.15) is 0 Å². The second-order valence-electron chi connectivity index (χ2n) is 0.891. The second kappa shape index (κ2) is 9.81. The molecule has 0 bridgehead atoms. The molecule has 0 aliphatic rings. The Morgan fingerprint density at radius 1 is 1.67 bits per heavy atom. The van der Waals surface area contributed by atoms with Gasteiger partial charge in [0.25, 0.3) is 0 Å². The van der Waals surface area contributed by atoms with E-state index in [2.05, 4.69) is 18.2 Å². The summed E-state index contributed by atoms with van der Waals surface area (Å²) in [6.45, 7) is 3.09. The molecule has 0 atom stereocenters. The lowest BCUT2D eigenvalue weighted by molar-refractivity contribution is -0.113. The van der Waals surface area contributed by atoms with Crippen LogP contribution in [0.5, 0.6) is 0 Å². The Morgan fingerprint density at radius 3 is 1.89 bits per heavy atom. The summed E-state index contributed by atoms with van der Waals surface area (Å²) >= 11 is 0. The standard InChI is InChI=1S/C3H5NO.CH4N2O/c1-2-3(4)5;2-3-1-4/h2H,1H2,(H2,4,5);1H,2H2,(H,3,4). The molecule has 52 valence electrons. The van der Waals surface area contributed by atoms with Crippen molar-refractivity contribution in [1.82, 2.24) is 5.43 Å². The zero-order valence-corrected chi connectivity index (χ0v) is 4.83. The normalized spacial score (nSPS) is 5.89. The van der Waals surface area contributed by atoms with Gasteiger partial charge in [-0.25, -0.2) is 5.84 Å². The highest BCUT2D eigenvalue weighted by Crippen LogP contribution is 1.48. The number of amides is 2. The summed E-state index contributed by atoms with van der Waals surface area (Å²) in [6.07, 6.45) is 1.46. The fourth-order valence-corrected chi connectivity index (χ4v) is 0. The van der Waals surface area contributed by atoms with Crippen LogP contribution in [0.2, 0.25) is 0 Å². The summed E-state index contributed by atoms with van der Waals surface area (Å²) in [5, 5.41) is 0. The topological polar surface area (TPSA) is 98.2 Å². The van der Waals surface area contributed by atoms with E-state index in [0.29, 0.717) is 6.41 Å². The van der Waals surface area contributed by atoms with Gasteiger partial charge < -0.3 is 5.73 Å². The molecular formula is C4H9N3O2. The molecule has 0 saturated carbocycles. The highest BCUT2D eigenvalue weighted by atomic mass is 16.1. The van der Waals surface area contributed by atoms with E-state index in [9.17, 15) is 4.79 Å². The molecule has 0 radical (unpaired) electrons. The van der Waals surface area contributed by atoms with Crippen LogP contribution in [0, 0.1) is 0 Å². The molecule has 0 aliphatic heterocycles. The number of nitrogens with one attached hydrogen (secondary N) is 1. The van der Waals surface area contributed by atoms with E-state index in [1.54, 1.807) is 5.43 Å². The molecule has 0 aromatic carbocycles. The fourth-order valence-electron chi connectivity index (χ4n) is 0. The minimum atomic E-state index is -0.481. The predicted molar refractivity (Wildman–Crippen MR) is 32.8 cm³/mol. The zero-order chi connectivity index (χ0) is 7.70. The Morgan fingerprint density at radius 2 is 1.89 bits per heavy atom. The Hall–Kier alpha value is -1.36. The Labute approximate surface area is 52.7 Å². The summed E-state index contributed by atoms with van der Waals surface area (Å²) in [6, 6.07) is 0. The molecule has 0 heterocycles. The van der Waals surface area contributed by atoms with Crippen molar-refractivity contribution in [3.63, 3.8) is 0 Å². The average molecular weight is 131 g/mol. The molecule has 0 rings (SSSR count). The zero-order valence-electron chi connectivity index (χ0n) is 4.83. The van der Waals surface area contributed by atoms with Crippen molar-refractivity contribution >= 4 is 12.3 Å². The van der Waals surface area contributed by atoms with Crippen LogP contribution in [0.4, 0.5) is 0 Å². The maximum Gasteiger partial charge on any atom is 0.240 e. The second-order valence-corrected chi connectivity index (χ2v) is 0.891. The van der Waals surface area contributed by atoms with Crippen LogP contribution in [0.25, 0.3) is 0 Å². The molecule has 0 saturated heterocycles. The molecule has 0 fully saturated rings. The molecular weight excluding hydrogens is 122 g/mol. The Kier molecular flexibility index (Phi) is 11.5. The molecule has 9 heavy (non-hydrogen) atoms. The van der Waals surface area contributed by atoms with Crippen molar-refractivity contribution < 1.29 is 9.59 Å². The number of primary amides is 1. The van der Waals surface area contributed by atoms with E-state index >= 15 is 0 Å². The van der Waals surface area contributed by atoms with Gasteiger partial charge in [0.05, 0.1) is 0 Å². The van der Waals surface area contributed by atoms with Crippen molar-refractivity contribution in [2.45, 2.75) is 0 Å². The van der Waals surface area contributed by atoms with Gasteiger partial charge in [-0.1, -0.05) is 6.58 Å². The van der Waals surface area contributed by atoms with Crippen molar-refractivity contribution in [3.8, 4) is 0 Å². The average Bonchev–Trinajstić information content (AvgIpc) is 1.89. The van der Waals surface area contributed by atoms with Gasteiger partial charge in [-0.05, 0) is 6.08 Å². The number of hydrogen-bond donors (Lipinski definition) is 3. The summed E-state index contributed by atoms with van der Waals surface area (Å²) in [4.78, 5) is 18.4. The third kappa shape index (κ3) is 53.2. The van der Waals surface area contributed by atoms with Crippen LogP contribution in [-0.4, -0.2) is 12.3 Å². The SMILES string of the molecule is C=CC(N)=O.NNC=O. The lowest BCUT2D eigenvalue weighted by Gasteiger charge is -1.66. The molecule has 0 aromatic heterocycles. The number of rotatable bonds is 2. The van der Waals surface area contributed by atoms with E-state index in [1.807, 2.05) is 0 Å². The Bertz CT molecular complexity index is 102. The third-order valence-electron chi connectivity index (χ3n) is 0.269. The highest BCUT2D eigenvalue weighted by Gasteiger charge is 1.69. The number of nitrogens with two attached hydrogens (primary N) is 2. The maximum atomic E-state index is 9.47. The number of carbonyl (C=O) groups excluding carboxylic acids is 2. The lowest BCUT2D eigenvalue weighted by atomic mass is 10.6. The van der Waals surface area contributed by atoms with E-state index in [1.165, 1.54) is 0 Å². The number of hydrogen-bond acceptors (Lipinski definition) is 3. The van der Waals surface area contributed by atoms with Gasteiger partial charge in [-0.3, -0.25) is 15.0 Å². The molecule has 0 unspecified atom stereocenters. The van der Waals surface area contributed by atoms with E-state index < -0.39 is 5.91 Å². The molecule has 5 nitrogen and oxygen atoms in total. The van der Waals surface area contributed by atoms with Crippen molar-refractivity contribution in [3.05, 3.63) is 12.7 Å². The van der Waals surface area contributed by atoms with Gasteiger partial charge in [0.15, 0.2) is 0 Å². The highest BCUT2D eigenvalue weighted by molar-refractivity contribution is 5.84. The molecule has 0 spiro atoms. The van der Waals surface area contributed by atoms with Crippen LogP contribution < -0.4 is 17.0 Å². The van der Waals surface area contributed by atoms with Crippen LogP contribution in [0.15, 0.2) is 12.7 Å². The summed E-state index contributed by atoms with van der Waals surface area (Å²) in [7, 11) is 0. The van der Waals surface area contributed by atoms with Crippen molar-refractivity contribution in [2.24, 2.45) is 11.6 Å². The van der Waals surface area contributed by atoms with Gasteiger partial charge in [-0.2, -0.15) is 0 Å². The van der Waals surface area contributed by atoms with E-state index in [4.69, 9.17) is 4.79 Å². The van der Waals surface area contributed by atoms with Gasteiger partial charge in [0.2, 0.25) is 12.3 Å². The van der Waals surface area contributed by atoms with Crippen LogP contribution in [-0.2, 0) is 9.59 Å². The lowest BCUT2D eigenvalue weighted by Crippen LogP contribution is -2.18. The first kappa shape index (κ1) is 10.6. The maximum absolute atomic E-state index is 9.47. The molecule has 2 amide bonds. The van der Waals surface area contributed by atoms with E-state index in [-0.39, 0.29) is 0 Å². The van der Waals surface area contributed by atoms with Gasteiger partial charge >= 0.3 is 0 Å². The molecule has 5 N–H and O–H groups in total.